The van der Waals surface area contributed by atoms with Crippen molar-refractivity contribution in [1.82, 2.24) is 15.6 Å². The standard InChI is InChI=1S/C16H30N4OS/c1-4-14-13-20-15(22-14)9-11-19-16(17-5-2)18-10-7-6-8-12-21-3/h13H,4-12H2,1-3H3,(H2,17,18,19). The van der Waals surface area contributed by atoms with Crippen molar-refractivity contribution in [3.05, 3.63) is 16.1 Å². The molecule has 0 aliphatic carbocycles. The number of nitrogens with zero attached hydrogens (tertiary/aromatic N) is 2. The molecule has 1 rings (SSSR count). The molecule has 1 aromatic heterocycles. The van der Waals surface area contributed by atoms with Gasteiger partial charge in [0.05, 0.1) is 5.01 Å². The van der Waals surface area contributed by atoms with Crippen LogP contribution in [0.15, 0.2) is 11.2 Å². The highest BCUT2D eigenvalue weighted by Crippen LogP contribution is 2.13. The molecule has 5 nitrogen and oxygen atoms in total. The summed E-state index contributed by atoms with van der Waals surface area (Å²) in [5.74, 6) is 0.904. The summed E-state index contributed by atoms with van der Waals surface area (Å²) in [6, 6.07) is 0. The predicted molar refractivity (Wildman–Crippen MR) is 94.9 cm³/mol. The van der Waals surface area contributed by atoms with Gasteiger partial charge in [-0.1, -0.05) is 6.92 Å². The highest BCUT2D eigenvalue weighted by Gasteiger charge is 2.01. The van der Waals surface area contributed by atoms with E-state index in [0.717, 1.165) is 64.3 Å². The van der Waals surface area contributed by atoms with E-state index in [-0.39, 0.29) is 0 Å². The van der Waals surface area contributed by atoms with Crippen molar-refractivity contribution >= 4 is 17.3 Å². The highest BCUT2D eigenvalue weighted by atomic mass is 32.1. The molecule has 126 valence electrons. The molecule has 0 atom stereocenters. The SMILES string of the molecule is CCNC(=NCCCCCOC)NCCc1ncc(CC)s1. The molecule has 0 aliphatic heterocycles. The van der Waals surface area contributed by atoms with Crippen molar-refractivity contribution in [2.45, 2.75) is 46.0 Å². The van der Waals surface area contributed by atoms with Crippen LogP contribution in [0.3, 0.4) is 0 Å². The summed E-state index contributed by atoms with van der Waals surface area (Å²) in [5.41, 5.74) is 0. The van der Waals surface area contributed by atoms with Gasteiger partial charge in [0.15, 0.2) is 5.96 Å². The van der Waals surface area contributed by atoms with Crippen molar-refractivity contribution < 1.29 is 4.74 Å². The van der Waals surface area contributed by atoms with E-state index in [1.807, 2.05) is 6.20 Å². The minimum atomic E-state index is 0.843. The molecule has 0 saturated carbocycles. The number of hydrogen-bond donors (Lipinski definition) is 2. The number of aryl methyl sites for hydroxylation is 1. The second kappa shape index (κ2) is 12.4. The third-order valence-electron chi connectivity index (χ3n) is 3.20. The first kappa shape index (κ1) is 18.9. The summed E-state index contributed by atoms with van der Waals surface area (Å²) in [7, 11) is 1.75. The zero-order valence-electron chi connectivity index (χ0n) is 14.2. The quantitative estimate of drug-likeness (QED) is 0.373. The van der Waals surface area contributed by atoms with Gasteiger partial charge in [-0.05, 0) is 32.6 Å². The number of rotatable bonds is 11. The zero-order valence-corrected chi connectivity index (χ0v) is 15.0. The maximum Gasteiger partial charge on any atom is 0.191 e. The van der Waals surface area contributed by atoms with E-state index in [4.69, 9.17) is 4.74 Å². The van der Waals surface area contributed by atoms with E-state index in [9.17, 15) is 0 Å². The lowest BCUT2D eigenvalue weighted by Gasteiger charge is -2.10. The Hall–Kier alpha value is -1.14. The zero-order chi connectivity index (χ0) is 16.0. The van der Waals surface area contributed by atoms with Crippen LogP contribution in [-0.4, -0.2) is 44.3 Å². The van der Waals surface area contributed by atoms with Gasteiger partial charge in [0, 0.05) is 50.8 Å². The average Bonchev–Trinajstić information content (AvgIpc) is 2.98. The number of methoxy groups -OCH3 is 1. The van der Waals surface area contributed by atoms with E-state index < -0.39 is 0 Å². The summed E-state index contributed by atoms with van der Waals surface area (Å²) >= 11 is 1.80. The predicted octanol–water partition coefficient (Wildman–Crippen LogP) is 2.62. The Kier molecular flexibility index (Phi) is 10.7. The smallest absolute Gasteiger partial charge is 0.191 e. The van der Waals surface area contributed by atoms with Crippen LogP contribution in [0.5, 0.6) is 0 Å². The summed E-state index contributed by atoms with van der Waals surface area (Å²) in [5, 5.41) is 7.86. The lowest BCUT2D eigenvalue weighted by Crippen LogP contribution is -2.38. The average molecular weight is 327 g/mol. The fraction of sp³-hybridized carbons (Fsp3) is 0.750. The fourth-order valence-electron chi connectivity index (χ4n) is 1.98. The molecule has 0 aromatic carbocycles. The third-order valence-corrected chi connectivity index (χ3v) is 4.40. The molecule has 0 unspecified atom stereocenters. The number of thiazole rings is 1. The number of unbranched alkanes of at least 4 members (excludes halogenated alkanes) is 2. The number of aliphatic imine (C=N–C) groups is 1. The Morgan fingerprint density at radius 2 is 2.14 bits per heavy atom. The number of ether oxygens (including phenoxy) is 1. The molecule has 0 aliphatic rings. The molecule has 6 heteroatoms. The van der Waals surface area contributed by atoms with Crippen LogP contribution in [-0.2, 0) is 17.6 Å². The van der Waals surface area contributed by atoms with Gasteiger partial charge >= 0.3 is 0 Å². The Morgan fingerprint density at radius 1 is 1.27 bits per heavy atom. The van der Waals surface area contributed by atoms with Crippen molar-refractivity contribution in [2.24, 2.45) is 4.99 Å². The molecule has 2 N–H and O–H groups in total. The third kappa shape index (κ3) is 8.34. The minimum absolute atomic E-state index is 0.843. The topological polar surface area (TPSA) is 58.5 Å². The van der Waals surface area contributed by atoms with Gasteiger partial charge in [-0.2, -0.15) is 0 Å². The number of hydrogen-bond acceptors (Lipinski definition) is 4. The lowest BCUT2D eigenvalue weighted by molar-refractivity contribution is 0.192. The summed E-state index contributed by atoms with van der Waals surface area (Å²) in [6.45, 7) is 7.70. The molecule has 1 aromatic rings. The minimum Gasteiger partial charge on any atom is -0.385 e. The molecule has 1 heterocycles. The second-order valence-corrected chi connectivity index (χ2v) is 6.26. The van der Waals surface area contributed by atoms with Crippen LogP contribution in [0.1, 0.15) is 43.0 Å². The summed E-state index contributed by atoms with van der Waals surface area (Å²) < 4.78 is 5.05. The van der Waals surface area contributed by atoms with Crippen LogP contribution in [0.25, 0.3) is 0 Å². The van der Waals surface area contributed by atoms with E-state index in [2.05, 4.69) is 34.5 Å². The van der Waals surface area contributed by atoms with Crippen molar-refractivity contribution in [2.75, 3.05) is 33.4 Å². The van der Waals surface area contributed by atoms with Gasteiger partial charge in [0.1, 0.15) is 0 Å². The van der Waals surface area contributed by atoms with Crippen molar-refractivity contribution in [3.63, 3.8) is 0 Å². The second-order valence-electron chi connectivity index (χ2n) is 5.06. The summed E-state index contributed by atoms with van der Waals surface area (Å²) in [6.07, 6.45) is 7.38. The van der Waals surface area contributed by atoms with Crippen LogP contribution < -0.4 is 10.6 Å². The molecular formula is C16H30N4OS. The lowest BCUT2D eigenvalue weighted by atomic mass is 10.2. The first-order chi connectivity index (χ1) is 10.8. The first-order valence-corrected chi connectivity index (χ1v) is 9.06. The van der Waals surface area contributed by atoms with E-state index in [0.29, 0.717) is 0 Å². The molecule has 0 spiro atoms. The Bertz CT molecular complexity index is 420. The normalized spacial score (nSPS) is 11.7. The molecule has 0 radical (unpaired) electrons. The monoisotopic (exact) mass is 326 g/mol. The van der Waals surface area contributed by atoms with Crippen molar-refractivity contribution in [3.8, 4) is 0 Å². The highest BCUT2D eigenvalue weighted by molar-refractivity contribution is 7.11. The van der Waals surface area contributed by atoms with Gasteiger partial charge in [-0.25, -0.2) is 4.98 Å². The van der Waals surface area contributed by atoms with Gasteiger partial charge in [0.25, 0.3) is 0 Å². The number of nitrogens with one attached hydrogen (secondary N) is 2. The number of guanidine groups is 1. The van der Waals surface area contributed by atoms with Crippen LogP contribution >= 0.6 is 11.3 Å². The maximum atomic E-state index is 5.05. The maximum absolute atomic E-state index is 5.05. The van der Waals surface area contributed by atoms with Gasteiger partial charge in [-0.3, -0.25) is 4.99 Å². The molecule has 22 heavy (non-hydrogen) atoms. The van der Waals surface area contributed by atoms with Crippen LogP contribution in [0, 0.1) is 0 Å². The molecule has 0 bridgehead atoms. The van der Waals surface area contributed by atoms with Crippen LogP contribution in [0.4, 0.5) is 0 Å². The fourth-order valence-corrected chi connectivity index (χ4v) is 2.84. The van der Waals surface area contributed by atoms with E-state index >= 15 is 0 Å². The van der Waals surface area contributed by atoms with E-state index in [1.54, 1.807) is 18.4 Å². The van der Waals surface area contributed by atoms with Gasteiger partial charge in [-0.15, -0.1) is 11.3 Å². The summed E-state index contributed by atoms with van der Waals surface area (Å²) in [4.78, 5) is 10.4. The molecule has 0 saturated heterocycles. The van der Waals surface area contributed by atoms with Crippen LogP contribution in [0.2, 0.25) is 0 Å². The molecular weight excluding hydrogens is 296 g/mol. The first-order valence-electron chi connectivity index (χ1n) is 8.24. The largest absolute Gasteiger partial charge is 0.385 e. The molecule has 0 amide bonds. The van der Waals surface area contributed by atoms with Crippen molar-refractivity contribution in [1.29, 1.82) is 0 Å². The Morgan fingerprint density at radius 3 is 2.82 bits per heavy atom. The Balaban J connectivity index is 2.24. The van der Waals surface area contributed by atoms with E-state index in [1.165, 1.54) is 9.88 Å². The Labute approximate surface area is 138 Å². The van der Waals surface area contributed by atoms with Gasteiger partial charge in [0.2, 0.25) is 0 Å². The van der Waals surface area contributed by atoms with Gasteiger partial charge < -0.3 is 15.4 Å². The number of aromatic nitrogens is 1. The molecule has 0 fully saturated rings.